The maximum atomic E-state index is 12.1. The van der Waals surface area contributed by atoms with E-state index in [0.717, 1.165) is 0 Å². The number of carbonyl (C=O) groups excluding carboxylic acids is 1. The van der Waals surface area contributed by atoms with Crippen molar-refractivity contribution in [2.24, 2.45) is 5.41 Å². The second-order valence-corrected chi connectivity index (χ2v) is 5.94. The van der Waals surface area contributed by atoms with Crippen LogP contribution < -0.4 is 10.9 Å². The van der Waals surface area contributed by atoms with Gasteiger partial charge >= 0.3 is 5.97 Å². The van der Waals surface area contributed by atoms with Crippen LogP contribution in [0, 0.1) is 12.3 Å². The summed E-state index contributed by atoms with van der Waals surface area (Å²) >= 11 is 0. The molecular weight excluding hydrogens is 274 g/mol. The highest BCUT2D eigenvalue weighted by Crippen LogP contribution is 2.14. The molecule has 1 aromatic rings. The Kier molecular flexibility index (Phi) is 4.88. The summed E-state index contributed by atoms with van der Waals surface area (Å²) in [5, 5.41) is 11.5. The van der Waals surface area contributed by atoms with E-state index in [9.17, 15) is 14.4 Å². The molecule has 0 fully saturated rings. The predicted molar refractivity (Wildman–Crippen MR) is 77.4 cm³/mol. The summed E-state index contributed by atoms with van der Waals surface area (Å²) in [4.78, 5) is 41.8. The van der Waals surface area contributed by atoms with E-state index in [4.69, 9.17) is 5.11 Å². The molecule has 3 N–H and O–H groups in total. The maximum absolute atomic E-state index is 12.1. The summed E-state index contributed by atoms with van der Waals surface area (Å²) < 4.78 is 0. The molecule has 1 amide bonds. The lowest BCUT2D eigenvalue weighted by Crippen LogP contribution is -2.41. The van der Waals surface area contributed by atoms with E-state index < -0.39 is 22.9 Å². The minimum atomic E-state index is -1.11. The summed E-state index contributed by atoms with van der Waals surface area (Å²) in [6.45, 7) is 8.25. The molecule has 1 aromatic heterocycles. The minimum Gasteiger partial charge on any atom is -0.481 e. The number of nitrogens with zero attached hydrogens (tertiary/aromatic N) is 1. The lowest BCUT2D eigenvalue weighted by atomic mass is 9.94. The fourth-order valence-corrected chi connectivity index (χ4v) is 1.61. The van der Waals surface area contributed by atoms with Crippen LogP contribution in [0.3, 0.4) is 0 Å². The molecular formula is C14H21N3O4. The average Bonchev–Trinajstić information content (AvgIpc) is 2.35. The molecule has 0 saturated heterocycles. The van der Waals surface area contributed by atoms with Gasteiger partial charge in [-0.1, -0.05) is 13.8 Å². The average molecular weight is 295 g/mol. The van der Waals surface area contributed by atoms with Crippen molar-refractivity contribution in [2.45, 2.75) is 40.5 Å². The number of carboxylic acid groups (broad SMARTS) is 1. The predicted octanol–water partition coefficient (Wildman–Crippen LogP) is 1.04. The molecule has 0 aliphatic carbocycles. The van der Waals surface area contributed by atoms with Crippen LogP contribution in [0.2, 0.25) is 0 Å². The molecule has 0 aliphatic heterocycles. The highest BCUT2D eigenvalue weighted by molar-refractivity contribution is 5.95. The van der Waals surface area contributed by atoms with Crippen molar-refractivity contribution >= 4 is 11.9 Å². The van der Waals surface area contributed by atoms with Crippen molar-refractivity contribution < 1.29 is 14.7 Å². The molecule has 1 rings (SSSR count). The number of rotatable bonds is 5. The van der Waals surface area contributed by atoms with Crippen molar-refractivity contribution in [2.75, 3.05) is 6.54 Å². The van der Waals surface area contributed by atoms with E-state index >= 15 is 0 Å². The van der Waals surface area contributed by atoms with Gasteiger partial charge in [-0.2, -0.15) is 0 Å². The van der Waals surface area contributed by atoms with Gasteiger partial charge in [0.2, 0.25) is 0 Å². The van der Waals surface area contributed by atoms with Gasteiger partial charge in [-0.05, 0) is 20.8 Å². The standard InChI is InChI=1S/C14H21N3O4/c1-7(2)10-16-8(3)9(12(19)17-10)11(18)15-6-14(4,5)13(20)21/h7H,6H2,1-5H3,(H,15,18)(H,20,21)(H,16,17,19). The van der Waals surface area contributed by atoms with Gasteiger partial charge in [0, 0.05) is 12.5 Å². The topological polar surface area (TPSA) is 112 Å². The Bertz CT molecular complexity index is 617. The van der Waals surface area contributed by atoms with Crippen LogP contribution in [0.5, 0.6) is 0 Å². The molecule has 0 aromatic carbocycles. The number of aromatic nitrogens is 2. The van der Waals surface area contributed by atoms with Gasteiger partial charge in [0.25, 0.3) is 11.5 Å². The Labute approximate surface area is 122 Å². The van der Waals surface area contributed by atoms with Crippen molar-refractivity contribution in [3.63, 3.8) is 0 Å². The van der Waals surface area contributed by atoms with Gasteiger partial charge in [0.15, 0.2) is 0 Å². The second kappa shape index (κ2) is 6.07. The number of aryl methyl sites for hydroxylation is 1. The molecule has 0 aliphatic rings. The van der Waals surface area contributed by atoms with Crippen molar-refractivity contribution in [1.82, 2.24) is 15.3 Å². The third-order valence-corrected chi connectivity index (χ3v) is 3.16. The van der Waals surface area contributed by atoms with Crippen LogP contribution in [0.4, 0.5) is 0 Å². The first-order valence-corrected chi connectivity index (χ1v) is 6.68. The zero-order valence-electron chi connectivity index (χ0n) is 12.9. The largest absolute Gasteiger partial charge is 0.481 e. The zero-order chi connectivity index (χ0) is 16.4. The molecule has 0 spiro atoms. The molecule has 21 heavy (non-hydrogen) atoms. The third kappa shape index (κ3) is 3.90. The normalized spacial score (nSPS) is 11.5. The molecule has 0 bridgehead atoms. The van der Waals surface area contributed by atoms with Gasteiger partial charge in [0.05, 0.1) is 11.1 Å². The van der Waals surface area contributed by atoms with Gasteiger partial charge in [0.1, 0.15) is 11.4 Å². The SMILES string of the molecule is Cc1nc(C(C)C)[nH]c(=O)c1C(=O)NCC(C)(C)C(=O)O. The Morgan fingerprint density at radius 2 is 1.95 bits per heavy atom. The van der Waals surface area contributed by atoms with Crippen molar-refractivity contribution in [1.29, 1.82) is 0 Å². The van der Waals surface area contributed by atoms with E-state index in [1.54, 1.807) is 6.92 Å². The van der Waals surface area contributed by atoms with E-state index in [0.29, 0.717) is 11.5 Å². The van der Waals surface area contributed by atoms with Crippen molar-refractivity contribution in [3.05, 3.63) is 27.4 Å². The second-order valence-electron chi connectivity index (χ2n) is 5.94. The number of hydrogen-bond acceptors (Lipinski definition) is 4. The quantitative estimate of drug-likeness (QED) is 0.751. The number of carboxylic acids is 1. The number of amides is 1. The Hall–Kier alpha value is -2.18. The number of hydrogen-bond donors (Lipinski definition) is 3. The summed E-state index contributed by atoms with van der Waals surface area (Å²) in [6.07, 6.45) is 0. The minimum absolute atomic E-state index is 0.0412. The van der Waals surface area contributed by atoms with Gasteiger partial charge in [-0.25, -0.2) is 4.98 Å². The molecule has 116 valence electrons. The number of carbonyl (C=O) groups is 2. The summed E-state index contributed by atoms with van der Waals surface area (Å²) in [7, 11) is 0. The molecule has 0 radical (unpaired) electrons. The number of aromatic amines is 1. The Morgan fingerprint density at radius 1 is 1.38 bits per heavy atom. The van der Waals surface area contributed by atoms with Crippen molar-refractivity contribution in [3.8, 4) is 0 Å². The lowest BCUT2D eigenvalue weighted by molar-refractivity contribution is -0.146. The van der Waals surface area contributed by atoms with Crippen LogP contribution in [-0.4, -0.2) is 33.5 Å². The summed E-state index contributed by atoms with van der Waals surface area (Å²) in [5.41, 5.74) is -1.38. The first-order chi connectivity index (χ1) is 9.56. The first kappa shape index (κ1) is 16.9. The molecule has 0 unspecified atom stereocenters. The number of H-pyrrole nitrogens is 1. The van der Waals surface area contributed by atoms with E-state index in [1.807, 2.05) is 13.8 Å². The number of aliphatic carboxylic acids is 1. The fraction of sp³-hybridized carbons (Fsp3) is 0.571. The van der Waals surface area contributed by atoms with Gasteiger partial charge < -0.3 is 15.4 Å². The van der Waals surface area contributed by atoms with Crippen LogP contribution in [0.1, 0.15) is 55.5 Å². The summed E-state index contributed by atoms with van der Waals surface area (Å²) in [5.74, 6) is -1.09. The highest BCUT2D eigenvalue weighted by Gasteiger charge is 2.28. The Balaban J connectivity index is 2.99. The molecule has 7 nitrogen and oxygen atoms in total. The molecule has 7 heteroatoms. The lowest BCUT2D eigenvalue weighted by Gasteiger charge is -2.19. The van der Waals surface area contributed by atoms with Crippen LogP contribution in [0.25, 0.3) is 0 Å². The van der Waals surface area contributed by atoms with E-state index in [1.165, 1.54) is 13.8 Å². The zero-order valence-corrected chi connectivity index (χ0v) is 12.9. The third-order valence-electron chi connectivity index (χ3n) is 3.16. The molecule has 0 saturated carbocycles. The Morgan fingerprint density at radius 3 is 2.38 bits per heavy atom. The van der Waals surface area contributed by atoms with Crippen LogP contribution >= 0.6 is 0 Å². The van der Waals surface area contributed by atoms with Gasteiger partial charge in [-0.15, -0.1) is 0 Å². The van der Waals surface area contributed by atoms with E-state index in [-0.39, 0.29) is 18.0 Å². The van der Waals surface area contributed by atoms with E-state index in [2.05, 4.69) is 15.3 Å². The molecule has 0 atom stereocenters. The van der Waals surface area contributed by atoms with Gasteiger partial charge in [-0.3, -0.25) is 14.4 Å². The smallest absolute Gasteiger partial charge is 0.310 e. The summed E-state index contributed by atoms with van der Waals surface area (Å²) in [6, 6.07) is 0. The fourth-order valence-electron chi connectivity index (χ4n) is 1.61. The van der Waals surface area contributed by atoms with Crippen LogP contribution in [-0.2, 0) is 4.79 Å². The van der Waals surface area contributed by atoms with Crippen LogP contribution in [0.15, 0.2) is 4.79 Å². The maximum Gasteiger partial charge on any atom is 0.310 e. The molecule has 1 heterocycles. The highest BCUT2D eigenvalue weighted by atomic mass is 16.4. The first-order valence-electron chi connectivity index (χ1n) is 6.68. The monoisotopic (exact) mass is 295 g/mol. The number of nitrogens with one attached hydrogen (secondary N) is 2.